The van der Waals surface area contributed by atoms with Gasteiger partial charge >= 0.3 is 0 Å². The average molecular weight is 395 g/mol. The third kappa shape index (κ3) is 3.71. The summed E-state index contributed by atoms with van der Waals surface area (Å²) in [5, 5.41) is 0. The molecule has 134 valence electrons. The van der Waals surface area contributed by atoms with Crippen molar-refractivity contribution in [3.8, 4) is 0 Å². The fourth-order valence-electron chi connectivity index (χ4n) is 4.67. The van der Waals surface area contributed by atoms with Crippen LogP contribution >= 0.6 is 15.9 Å². The molecule has 2 aliphatic carbocycles. The molecular formula is C20H31BrN2O. The molecule has 0 saturated heterocycles. The van der Waals surface area contributed by atoms with Crippen LogP contribution in [0.4, 0.5) is 0 Å². The number of methoxy groups -OCH3 is 1. The number of hydrogen-bond donors (Lipinski definition) is 0. The minimum absolute atomic E-state index is 0.216. The maximum Gasteiger partial charge on any atom is 0.101 e. The fraction of sp³-hybridized carbons (Fsp3) is 0.750. The Bertz CT molecular complexity index is 548. The molecule has 2 fully saturated rings. The maximum atomic E-state index is 6.32. The van der Waals surface area contributed by atoms with Crippen molar-refractivity contribution in [2.45, 2.75) is 51.6 Å². The van der Waals surface area contributed by atoms with Gasteiger partial charge in [0.15, 0.2) is 0 Å². The van der Waals surface area contributed by atoms with Gasteiger partial charge in [0.1, 0.15) is 5.60 Å². The van der Waals surface area contributed by atoms with E-state index < -0.39 is 0 Å². The molecule has 2 saturated carbocycles. The van der Waals surface area contributed by atoms with E-state index in [1.165, 1.54) is 44.2 Å². The molecule has 0 bridgehead atoms. The Hall–Kier alpha value is -0.450. The molecule has 0 amide bonds. The van der Waals surface area contributed by atoms with Crippen molar-refractivity contribution in [3.63, 3.8) is 0 Å². The summed E-state index contributed by atoms with van der Waals surface area (Å²) >= 11 is 3.60. The first-order chi connectivity index (χ1) is 11.6. The molecule has 3 unspecified atom stereocenters. The third-order valence-electron chi connectivity index (χ3n) is 6.16. The highest BCUT2D eigenvalue weighted by Gasteiger charge is 2.48. The Morgan fingerprint density at radius 3 is 2.67 bits per heavy atom. The highest BCUT2D eigenvalue weighted by molar-refractivity contribution is 9.10. The molecule has 1 aromatic heterocycles. The van der Waals surface area contributed by atoms with Crippen LogP contribution in [0.1, 0.15) is 51.5 Å². The molecule has 3 nitrogen and oxygen atoms in total. The lowest BCUT2D eigenvalue weighted by Crippen LogP contribution is -2.50. The highest BCUT2D eigenvalue weighted by Crippen LogP contribution is 2.48. The van der Waals surface area contributed by atoms with Gasteiger partial charge in [0.25, 0.3) is 0 Å². The van der Waals surface area contributed by atoms with E-state index >= 15 is 0 Å². The fourth-order valence-corrected chi connectivity index (χ4v) is 5.03. The van der Waals surface area contributed by atoms with Gasteiger partial charge in [-0.25, -0.2) is 0 Å². The number of rotatable bonds is 7. The zero-order valence-corrected chi connectivity index (χ0v) is 16.9. The predicted octanol–water partition coefficient (Wildman–Crippen LogP) is 4.85. The van der Waals surface area contributed by atoms with Gasteiger partial charge in [-0.15, -0.1) is 0 Å². The molecule has 0 aromatic carbocycles. The number of halogens is 1. The van der Waals surface area contributed by atoms with E-state index in [4.69, 9.17) is 4.74 Å². The van der Waals surface area contributed by atoms with E-state index in [-0.39, 0.29) is 5.60 Å². The number of aromatic nitrogens is 1. The largest absolute Gasteiger partial charge is 0.373 e. The number of ether oxygens (including phenoxy) is 1. The summed E-state index contributed by atoms with van der Waals surface area (Å²) in [5.74, 6) is 1.98. The molecule has 4 heteroatoms. The summed E-state index contributed by atoms with van der Waals surface area (Å²) in [7, 11) is 1.90. The Balaban J connectivity index is 1.88. The molecule has 0 aliphatic heterocycles. The lowest BCUT2D eigenvalue weighted by Gasteiger charge is -2.49. The maximum absolute atomic E-state index is 6.32. The van der Waals surface area contributed by atoms with E-state index in [0.717, 1.165) is 23.5 Å². The predicted molar refractivity (Wildman–Crippen MR) is 102 cm³/mol. The van der Waals surface area contributed by atoms with Crippen molar-refractivity contribution in [1.29, 1.82) is 0 Å². The van der Waals surface area contributed by atoms with Crippen LogP contribution in [0.25, 0.3) is 0 Å². The van der Waals surface area contributed by atoms with Crippen LogP contribution in [0.15, 0.2) is 22.9 Å². The minimum atomic E-state index is -0.216. The van der Waals surface area contributed by atoms with Crippen molar-refractivity contribution >= 4 is 15.9 Å². The molecule has 24 heavy (non-hydrogen) atoms. The zero-order valence-electron chi connectivity index (χ0n) is 15.3. The number of hydrogen-bond acceptors (Lipinski definition) is 3. The quantitative estimate of drug-likeness (QED) is 0.660. The van der Waals surface area contributed by atoms with E-state index in [2.05, 4.69) is 45.7 Å². The third-order valence-corrected chi connectivity index (χ3v) is 6.59. The first kappa shape index (κ1) is 18.3. The summed E-state index contributed by atoms with van der Waals surface area (Å²) in [5.41, 5.74) is 1.02. The normalized spacial score (nSPS) is 30.7. The van der Waals surface area contributed by atoms with Crippen LogP contribution in [-0.2, 0) is 10.3 Å². The van der Waals surface area contributed by atoms with Gasteiger partial charge in [-0.2, -0.15) is 0 Å². The van der Waals surface area contributed by atoms with Gasteiger partial charge in [-0.1, -0.05) is 20.3 Å². The highest BCUT2D eigenvalue weighted by atomic mass is 79.9. The van der Waals surface area contributed by atoms with E-state index in [1.54, 1.807) is 0 Å². The molecule has 0 radical (unpaired) electrons. The second-order valence-electron chi connectivity index (χ2n) is 7.71. The van der Waals surface area contributed by atoms with Gasteiger partial charge in [0.05, 0.1) is 0 Å². The van der Waals surface area contributed by atoms with E-state index in [1.807, 2.05) is 19.5 Å². The second-order valence-corrected chi connectivity index (χ2v) is 8.63. The molecule has 1 heterocycles. The van der Waals surface area contributed by atoms with Gasteiger partial charge in [-0.3, -0.25) is 4.98 Å². The van der Waals surface area contributed by atoms with E-state index in [0.29, 0.717) is 11.8 Å². The average Bonchev–Trinajstić information content (AvgIpc) is 3.39. The Labute approximate surface area is 155 Å². The van der Waals surface area contributed by atoms with Crippen molar-refractivity contribution in [2.24, 2.45) is 17.8 Å². The van der Waals surface area contributed by atoms with Gasteiger partial charge in [0.2, 0.25) is 0 Å². The molecule has 3 rings (SSSR count). The summed E-state index contributed by atoms with van der Waals surface area (Å²) < 4.78 is 7.36. The second kappa shape index (κ2) is 7.84. The lowest BCUT2D eigenvalue weighted by atomic mass is 9.65. The molecule has 0 N–H and O–H groups in total. The smallest absolute Gasteiger partial charge is 0.101 e. The van der Waals surface area contributed by atoms with Crippen molar-refractivity contribution in [1.82, 2.24) is 9.88 Å². The van der Waals surface area contributed by atoms with E-state index in [9.17, 15) is 0 Å². The SMILES string of the molecule is CCN(CC1CC1)CC1CCCC(C)C1(OC)c1cncc(Br)c1. The van der Waals surface area contributed by atoms with Crippen LogP contribution in [0.5, 0.6) is 0 Å². The van der Waals surface area contributed by atoms with Crippen LogP contribution < -0.4 is 0 Å². The first-order valence-corrected chi connectivity index (χ1v) is 10.3. The Morgan fingerprint density at radius 2 is 2.04 bits per heavy atom. The van der Waals surface area contributed by atoms with Crippen LogP contribution in [0.3, 0.4) is 0 Å². The number of pyridine rings is 1. The molecule has 0 spiro atoms. The summed E-state index contributed by atoms with van der Waals surface area (Å²) in [6.45, 7) is 8.19. The topological polar surface area (TPSA) is 25.4 Å². The van der Waals surface area contributed by atoms with Crippen LogP contribution in [0.2, 0.25) is 0 Å². The number of nitrogens with zero attached hydrogens (tertiary/aromatic N) is 2. The van der Waals surface area contributed by atoms with Crippen molar-refractivity contribution < 1.29 is 4.74 Å². The monoisotopic (exact) mass is 394 g/mol. The lowest BCUT2D eigenvalue weighted by molar-refractivity contribution is -0.133. The van der Waals surface area contributed by atoms with Crippen molar-refractivity contribution in [3.05, 3.63) is 28.5 Å². The van der Waals surface area contributed by atoms with Gasteiger partial charge < -0.3 is 9.64 Å². The summed E-state index contributed by atoms with van der Waals surface area (Å²) in [4.78, 5) is 7.09. The van der Waals surface area contributed by atoms with Crippen molar-refractivity contribution in [2.75, 3.05) is 26.7 Å². The molecule has 1 aromatic rings. The minimum Gasteiger partial charge on any atom is -0.373 e. The summed E-state index contributed by atoms with van der Waals surface area (Å²) in [6, 6.07) is 2.21. The Morgan fingerprint density at radius 1 is 1.25 bits per heavy atom. The molecule has 2 aliphatic rings. The van der Waals surface area contributed by atoms with Gasteiger partial charge in [-0.05, 0) is 66.1 Å². The molecular weight excluding hydrogens is 364 g/mol. The van der Waals surface area contributed by atoms with Crippen LogP contribution in [0, 0.1) is 17.8 Å². The Kier molecular flexibility index (Phi) is 5.99. The van der Waals surface area contributed by atoms with Gasteiger partial charge in [0, 0.05) is 48.5 Å². The zero-order chi connectivity index (χ0) is 17.2. The standard InChI is InChI=1S/C20H31BrN2O/c1-4-23(13-16-8-9-16)14-17-7-5-6-15(2)20(17,24-3)18-10-19(21)12-22-11-18/h10-12,15-17H,4-9,13-14H2,1-3H3. The summed E-state index contributed by atoms with van der Waals surface area (Å²) in [6.07, 6.45) is 10.5. The molecule has 3 atom stereocenters. The van der Waals surface area contributed by atoms with Crippen LogP contribution in [-0.4, -0.2) is 36.6 Å². The first-order valence-electron chi connectivity index (χ1n) is 9.48.